The minimum absolute atomic E-state index is 0.153. The van der Waals surface area contributed by atoms with Crippen molar-refractivity contribution in [2.45, 2.75) is 31.5 Å². The molecule has 5 nitrogen and oxygen atoms in total. The Kier molecular flexibility index (Phi) is 4.65. The third-order valence-corrected chi connectivity index (χ3v) is 5.39. The minimum atomic E-state index is -0.153. The van der Waals surface area contributed by atoms with Crippen molar-refractivity contribution in [3.05, 3.63) is 40.1 Å². The normalized spacial score (nSPS) is 16.8. The van der Waals surface area contributed by atoms with Gasteiger partial charge in [-0.1, -0.05) is 60.1 Å². The van der Waals surface area contributed by atoms with E-state index in [1.54, 1.807) is 11.8 Å². The molecule has 1 aliphatic rings. The third-order valence-electron chi connectivity index (χ3n) is 3.93. The van der Waals surface area contributed by atoms with Crippen LogP contribution in [0.5, 0.6) is 0 Å². The van der Waals surface area contributed by atoms with Crippen LogP contribution in [-0.2, 0) is 0 Å². The van der Waals surface area contributed by atoms with Crippen LogP contribution in [-0.4, -0.2) is 26.3 Å². The van der Waals surface area contributed by atoms with Gasteiger partial charge in [0, 0.05) is 10.2 Å². The maximum Gasteiger partial charge on any atom is 0.212 e. The number of fused-ring (bicyclic) bond motifs is 1. The van der Waals surface area contributed by atoms with Crippen LogP contribution in [0.15, 0.2) is 39.0 Å². The average Bonchev–Trinajstić information content (AvgIpc) is 2.97. The number of hydrogen-bond acceptors (Lipinski definition) is 5. The second kappa shape index (κ2) is 6.52. The summed E-state index contributed by atoms with van der Waals surface area (Å²) in [5, 5.41) is 14.0. The van der Waals surface area contributed by atoms with Gasteiger partial charge < -0.3 is 5.73 Å². The Labute approximate surface area is 142 Å². The molecule has 0 spiro atoms. The SMILES string of the molecule is CCC(C)C(N)c1nnc2n1N=C(c1ccc(Br)cc1)CS2. The standard InChI is InChI=1S/C15H18BrN5S/c1-3-9(2)13(17)14-18-19-15-21(14)20-12(8-22-15)10-4-6-11(16)7-5-10/h4-7,9,13H,3,8,17H2,1-2H3. The molecule has 0 radical (unpaired) electrons. The van der Waals surface area contributed by atoms with Crippen LogP contribution in [0.2, 0.25) is 0 Å². The summed E-state index contributed by atoms with van der Waals surface area (Å²) in [6.07, 6.45) is 1.000. The van der Waals surface area contributed by atoms with Crippen molar-refractivity contribution in [3.8, 4) is 0 Å². The summed E-state index contributed by atoms with van der Waals surface area (Å²) in [6, 6.07) is 8.02. The van der Waals surface area contributed by atoms with Crippen LogP contribution in [0.4, 0.5) is 0 Å². The van der Waals surface area contributed by atoms with Gasteiger partial charge in [-0.2, -0.15) is 9.78 Å². The Morgan fingerprint density at radius 1 is 1.32 bits per heavy atom. The van der Waals surface area contributed by atoms with Crippen molar-refractivity contribution in [2.24, 2.45) is 16.8 Å². The van der Waals surface area contributed by atoms with Crippen LogP contribution in [0.25, 0.3) is 0 Å². The summed E-state index contributed by atoms with van der Waals surface area (Å²) >= 11 is 5.10. The molecule has 7 heteroatoms. The number of nitrogens with zero attached hydrogens (tertiary/aromatic N) is 4. The van der Waals surface area contributed by atoms with Gasteiger partial charge in [-0.15, -0.1) is 10.2 Å². The monoisotopic (exact) mass is 379 g/mol. The van der Waals surface area contributed by atoms with Gasteiger partial charge in [0.1, 0.15) is 0 Å². The van der Waals surface area contributed by atoms with E-state index in [-0.39, 0.29) is 6.04 Å². The van der Waals surface area contributed by atoms with E-state index < -0.39 is 0 Å². The van der Waals surface area contributed by atoms with Gasteiger partial charge >= 0.3 is 0 Å². The molecule has 0 saturated heterocycles. The largest absolute Gasteiger partial charge is 0.321 e. The van der Waals surface area contributed by atoms with Crippen molar-refractivity contribution in [3.63, 3.8) is 0 Å². The summed E-state index contributed by atoms with van der Waals surface area (Å²) in [5.41, 5.74) is 8.44. The van der Waals surface area contributed by atoms with Gasteiger partial charge in [-0.05, 0) is 23.6 Å². The highest BCUT2D eigenvalue weighted by Gasteiger charge is 2.25. The lowest BCUT2D eigenvalue weighted by Crippen LogP contribution is -2.24. The zero-order chi connectivity index (χ0) is 15.7. The Morgan fingerprint density at radius 3 is 2.73 bits per heavy atom. The fourth-order valence-electron chi connectivity index (χ4n) is 2.24. The summed E-state index contributed by atoms with van der Waals surface area (Å²) in [5.74, 6) is 1.87. The van der Waals surface area contributed by atoms with E-state index in [1.165, 1.54) is 0 Å². The zero-order valence-electron chi connectivity index (χ0n) is 12.5. The van der Waals surface area contributed by atoms with E-state index in [0.29, 0.717) is 5.92 Å². The van der Waals surface area contributed by atoms with Gasteiger partial charge in [0.15, 0.2) is 5.82 Å². The van der Waals surface area contributed by atoms with Gasteiger partial charge in [0.25, 0.3) is 0 Å². The van der Waals surface area contributed by atoms with E-state index in [1.807, 2.05) is 16.8 Å². The first-order valence-corrected chi connectivity index (χ1v) is 9.05. The molecule has 1 aromatic carbocycles. The molecule has 2 aromatic rings. The second-order valence-corrected chi connectivity index (χ2v) is 7.26. The lowest BCUT2D eigenvalue weighted by Gasteiger charge is -2.19. The second-order valence-electron chi connectivity index (χ2n) is 5.41. The summed E-state index contributed by atoms with van der Waals surface area (Å²) < 4.78 is 2.87. The highest BCUT2D eigenvalue weighted by atomic mass is 79.9. The predicted molar refractivity (Wildman–Crippen MR) is 93.2 cm³/mol. The molecule has 0 aliphatic carbocycles. The number of halogens is 1. The Balaban J connectivity index is 1.97. The van der Waals surface area contributed by atoms with Crippen molar-refractivity contribution in [2.75, 3.05) is 5.75 Å². The van der Waals surface area contributed by atoms with Crippen molar-refractivity contribution >= 4 is 33.4 Å². The molecular weight excluding hydrogens is 362 g/mol. The Hall–Kier alpha value is -1.18. The fourth-order valence-corrected chi connectivity index (χ4v) is 3.35. The van der Waals surface area contributed by atoms with E-state index in [2.05, 4.69) is 52.1 Å². The third kappa shape index (κ3) is 2.98. The quantitative estimate of drug-likeness (QED) is 0.882. The highest BCUT2D eigenvalue weighted by Crippen LogP contribution is 2.28. The molecule has 22 heavy (non-hydrogen) atoms. The highest BCUT2D eigenvalue weighted by molar-refractivity contribution is 9.10. The average molecular weight is 380 g/mol. The molecule has 1 aliphatic heterocycles. The Morgan fingerprint density at radius 2 is 2.05 bits per heavy atom. The molecule has 0 fully saturated rings. The van der Waals surface area contributed by atoms with Gasteiger partial charge in [-0.25, -0.2) is 0 Å². The smallest absolute Gasteiger partial charge is 0.212 e. The van der Waals surface area contributed by atoms with E-state index in [4.69, 9.17) is 10.8 Å². The van der Waals surface area contributed by atoms with Crippen LogP contribution < -0.4 is 5.73 Å². The first-order chi connectivity index (χ1) is 10.6. The zero-order valence-corrected chi connectivity index (χ0v) is 14.9. The molecule has 1 aromatic heterocycles. The van der Waals surface area contributed by atoms with E-state index in [9.17, 15) is 0 Å². The number of aromatic nitrogens is 3. The maximum absolute atomic E-state index is 6.31. The number of benzene rings is 1. The molecular formula is C15H18BrN5S. The van der Waals surface area contributed by atoms with Gasteiger partial charge in [-0.3, -0.25) is 0 Å². The molecule has 116 valence electrons. The van der Waals surface area contributed by atoms with E-state index >= 15 is 0 Å². The topological polar surface area (TPSA) is 69.1 Å². The predicted octanol–water partition coefficient (Wildman–Crippen LogP) is 3.44. The van der Waals surface area contributed by atoms with Crippen LogP contribution in [0.3, 0.4) is 0 Å². The van der Waals surface area contributed by atoms with Gasteiger partial charge in [0.05, 0.1) is 11.8 Å². The molecule has 0 amide bonds. The maximum atomic E-state index is 6.31. The van der Waals surface area contributed by atoms with Gasteiger partial charge in [0.2, 0.25) is 5.16 Å². The first-order valence-electron chi connectivity index (χ1n) is 7.27. The van der Waals surface area contributed by atoms with Crippen molar-refractivity contribution in [1.82, 2.24) is 14.9 Å². The molecule has 2 unspecified atom stereocenters. The number of hydrogen-bond donors (Lipinski definition) is 1. The summed E-state index contributed by atoms with van der Waals surface area (Å²) in [4.78, 5) is 0. The number of nitrogens with two attached hydrogens (primary N) is 1. The molecule has 2 N–H and O–H groups in total. The first kappa shape index (κ1) is 15.7. The van der Waals surface area contributed by atoms with Crippen molar-refractivity contribution < 1.29 is 0 Å². The number of thioether (sulfide) groups is 1. The molecule has 2 heterocycles. The fraction of sp³-hybridized carbons (Fsp3) is 0.400. The van der Waals surface area contributed by atoms with Crippen LogP contribution in [0, 0.1) is 5.92 Å². The minimum Gasteiger partial charge on any atom is -0.321 e. The Bertz CT molecular complexity index is 694. The summed E-state index contributed by atoms with van der Waals surface area (Å²) in [6.45, 7) is 4.25. The molecule has 3 rings (SSSR count). The molecule has 0 bridgehead atoms. The molecule has 0 saturated carbocycles. The van der Waals surface area contributed by atoms with Crippen LogP contribution >= 0.6 is 27.7 Å². The number of rotatable bonds is 4. The van der Waals surface area contributed by atoms with Crippen molar-refractivity contribution in [1.29, 1.82) is 0 Å². The van der Waals surface area contributed by atoms with Crippen LogP contribution in [0.1, 0.15) is 37.7 Å². The molecule has 2 atom stereocenters. The summed E-state index contributed by atoms with van der Waals surface area (Å²) in [7, 11) is 0. The lowest BCUT2D eigenvalue weighted by molar-refractivity contribution is 0.425. The lowest BCUT2D eigenvalue weighted by atomic mass is 10.00. The van der Waals surface area contributed by atoms with E-state index in [0.717, 1.165) is 38.9 Å².